The van der Waals surface area contributed by atoms with E-state index in [2.05, 4.69) is 15.2 Å². The Labute approximate surface area is 131 Å². The topological polar surface area (TPSA) is 73.2 Å². The number of esters is 1. The first kappa shape index (κ1) is 14.6. The second-order valence-electron chi connectivity index (χ2n) is 5.05. The van der Waals surface area contributed by atoms with Gasteiger partial charge < -0.3 is 10.1 Å². The minimum atomic E-state index is -0.436. The standard InChI is InChI=1S/C15H14ClN3O3/c1-22-15(21)9-2-6-11(7-3-9)19-14(20)13(16)12(8-17-19)18-10-4-5-10/h2-3,6-8,10,18H,4-5H2,1H3. The van der Waals surface area contributed by atoms with E-state index < -0.39 is 11.5 Å². The smallest absolute Gasteiger partial charge is 0.337 e. The summed E-state index contributed by atoms with van der Waals surface area (Å²) < 4.78 is 5.83. The lowest BCUT2D eigenvalue weighted by Gasteiger charge is -2.10. The third kappa shape index (κ3) is 2.82. The van der Waals surface area contributed by atoms with Crippen molar-refractivity contribution in [2.45, 2.75) is 18.9 Å². The molecule has 1 saturated carbocycles. The molecule has 0 spiro atoms. The van der Waals surface area contributed by atoms with Gasteiger partial charge in [-0.2, -0.15) is 9.78 Å². The monoisotopic (exact) mass is 319 g/mol. The van der Waals surface area contributed by atoms with Gasteiger partial charge in [-0.1, -0.05) is 11.6 Å². The quantitative estimate of drug-likeness (QED) is 0.875. The number of nitrogens with zero attached hydrogens (tertiary/aromatic N) is 2. The van der Waals surface area contributed by atoms with E-state index in [-0.39, 0.29) is 5.02 Å². The van der Waals surface area contributed by atoms with Crippen molar-refractivity contribution in [2.75, 3.05) is 12.4 Å². The number of halogens is 1. The zero-order chi connectivity index (χ0) is 15.7. The Morgan fingerprint density at radius 2 is 2.05 bits per heavy atom. The van der Waals surface area contributed by atoms with Gasteiger partial charge in [0.15, 0.2) is 0 Å². The Hall–Kier alpha value is -2.34. The Kier molecular flexibility index (Phi) is 3.85. The fraction of sp³-hybridized carbons (Fsp3) is 0.267. The van der Waals surface area contributed by atoms with Crippen molar-refractivity contribution in [1.29, 1.82) is 0 Å². The molecule has 1 aliphatic carbocycles. The van der Waals surface area contributed by atoms with Gasteiger partial charge in [-0.25, -0.2) is 4.79 Å². The molecule has 0 saturated heterocycles. The number of aromatic nitrogens is 2. The number of hydrogen-bond acceptors (Lipinski definition) is 5. The minimum absolute atomic E-state index is 0.110. The molecule has 114 valence electrons. The van der Waals surface area contributed by atoms with E-state index in [9.17, 15) is 9.59 Å². The second-order valence-corrected chi connectivity index (χ2v) is 5.42. The van der Waals surface area contributed by atoms with Crippen LogP contribution in [0.3, 0.4) is 0 Å². The molecule has 1 aliphatic rings. The predicted octanol–water partition coefficient (Wildman–Crippen LogP) is 2.25. The van der Waals surface area contributed by atoms with Gasteiger partial charge in [0, 0.05) is 6.04 Å². The van der Waals surface area contributed by atoms with Crippen molar-refractivity contribution < 1.29 is 9.53 Å². The first-order valence-corrected chi connectivity index (χ1v) is 7.21. The number of benzene rings is 1. The van der Waals surface area contributed by atoms with Crippen LogP contribution < -0.4 is 10.9 Å². The molecule has 7 heteroatoms. The Morgan fingerprint density at radius 1 is 1.36 bits per heavy atom. The van der Waals surface area contributed by atoms with Crippen LogP contribution in [0, 0.1) is 0 Å². The summed E-state index contributed by atoms with van der Waals surface area (Å²) in [6.07, 6.45) is 3.69. The highest BCUT2D eigenvalue weighted by Crippen LogP contribution is 2.27. The molecule has 0 amide bonds. The van der Waals surface area contributed by atoms with Crippen LogP contribution in [0.15, 0.2) is 35.3 Å². The maximum Gasteiger partial charge on any atom is 0.337 e. The van der Waals surface area contributed by atoms with Crippen molar-refractivity contribution in [3.05, 3.63) is 51.4 Å². The fourth-order valence-corrected chi connectivity index (χ4v) is 2.20. The van der Waals surface area contributed by atoms with E-state index in [1.807, 2.05) is 0 Å². The molecule has 0 bridgehead atoms. The van der Waals surface area contributed by atoms with E-state index >= 15 is 0 Å². The van der Waals surface area contributed by atoms with Crippen molar-refractivity contribution in [3.63, 3.8) is 0 Å². The van der Waals surface area contributed by atoms with E-state index in [0.717, 1.165) is 12.8 Å². The van der Waals surface area contributed by atoms with Crippen LogP contribution in [-0.2, 0) is 4.74 Å². The van der Waals surface area contributed by atoms with Gasteiger partial charge in [-0.3, -0.25) is 4.79 Å². The van der Waals surface area contributed by atoms with Crippen molar-refractivity contribution in [2.24, 2.45) is 0 Å². The molecular formula is C15H14ClN3O3. The molecule has 0 atom stereocenters. The largest absolute Gasteiger partial charge is 0.465 e. The average Bonchev–Trinajstić information content (AvgIpc) is 3.36. The number of rotatable bonds is 4. The van der Waals surface area contributed by atoms with Gasteiger partial charge in [-0.15, -0.1) is 0 Å². The number of hydrogen-bond donors (Lipinski definition) is 1. The SMILES string of the molecule is COC(=O)c1ccc(-n2ncc(NC3CC3)c(Cl)c2=O)cc1. The van der Waals surface area contributed by atoms with Crippen molar-refractivity contribution in [3.8, 4) is 5.69 Å². The normalized spacial score (nSPS) is 13.7. The van der Waals surface area contributed by atoms with E-state index in [1.54, 1.807) is 24.3 Å². The first-order chi connectivity index (χ1) is 10.6. The van der Waals surface area contributed by atoms with Gasteiger partial charge in [0.1, 0.15) is 5.02 Å². The van der Waals surface area contributed by atoms with Gasteiger partial charge in [0.05, 0.1) is 30.2 Å². The molecule has 1 N–H and O–H groups in total. The summed E-state index contributed by atoms with van der Waals surface area (Å²) in [5, 5.41) is 7.40. The molecule has 0 radical (unpaired) electrons. The van der Waals surface area contributed by atoms with E-state index in [4.69, 9.17) is 11.6 Å². The van der Waals surface area contributed by atoms with Crippen LogP contribution in [0.5, 0.6) is 0 Å². The average molecular weight is 320 g/mol. The summed E-state index contributed by atoms with van der Waals surface area (Å²) in [5.74, 6) is -0.436. The van der Waals surface area contributed by atoms with Gasteiger partial charge >= 0.3 is 5.97 Å². The molecule has 22 heavy (non-hydrogen) atoms. The number of nitrogens with one attached hydrogen (secondary N) is 1. The molecule has 1 aromatic carbocycles. The summed E-state index contributed by atoms with van der Waals surface area (Å²) in [6.45, 7) is 0. The Balaban J connectivity index is 1.92. The van der Waals surface area contributed by atoms with Crippen LogP contribution in [0.25, 0.3) is 5.69 Å². The van der Waals surface area contributed by atoms with Crippen LogP contribution in [0.4, 0.5) is 5.69 Å². The Morgan fingerprint density at radius 3 is 2.64 bits per heavy atom. The molecule has 3 rings (SSSR count). The number of carbonyl (C=O) groups is 1. The van der Waals surface area contributed by atoms with Gasteiger partial charge in [0.25, 0.3) is 5.56 Å². The molecule has 1 heterocycles. The maximum absolute atomic E-state index is 12.3. The second kappa shape index (κ2) is 5.81. The lowest BCUT2D eigenvalue weighted by Crippen LogP contribution is -2.23. The van der Waals surface area contributed by atoms with Crippen molar-refractivity contribution >= 4 is 23.3 Å². The Bertz CT molecular complexity index is 767. The maximum atomic E-state index is 12.3. The number of methoxy groups -OCH3 is 1. The lowest BCUT2D eigenvalue weighted by atomic mass is 10.2. The zero-order valence-corrected chi connectivity index (χ0v) is 12.6. The molecule has 1 aromatic heterocycles. The third-order valence-electron chi connectivity index (χ3n) is 3.39. The zero-order valence-electron chi connectivity index (χ0n) is 11.9. The van der Waals surface area contributed by atoms with Crippen LogP contribution in [0.1, 0.15) is 23.2 Å². The molecule has 0 aliphatic heterocycles. The molecule has 0 unspecified atom stereocenters. The lowest BCUT2D eigenvalue weighted by molar-refractivity contribution is 0.0601. The summed E-state index contributed by atoms with van der Waals surface area (Å²) in [6, 6.07) is 6.75. The summed E-state index contributed by atoms with van der Waals surface area (Å²) in [7, 11) is 1.31. The molecule has 6 nitrogen and oxygen atoms in total. The van der Waals surface area contributed by atoms with Crippen LogP contribution in [-0.4, -0.2) is 28.9 Å². The highest BCUT2D eigenvalue weighted by Gasteiger charge is 2.23. The van der Waals surface area contributed by atoms with Crippen molar-refractivity contribution in [1.82, 2.24) is 9.78 Å². The third-order valence-corrected chi connectivity index (χ3v) is 3.75. The predicted molar refractivity (Wildman–Crippen MR) is 82.8 cm³/mol. The highest BCUT2D eigenvalue weighted by molar-refractivity contribution is 6.33. The first-order valence-electron chi connectivity index (χ1n) is 6.83. The number of anilines is 1. The summed E-state index contributed by atoms with van der Waals surface area (Å²) >= 11 is 6.11. The minimum Gasteiger partial charge on any atom is -0.465 e. The number of carbonyl (C=O) groups excluding carboxylic acids is 1. The van der Waals surface area contributed by atoms with E-state index in [1.165, 1.54) is 18.0 Å². The van der Waals surface area contributed by atoms with Gasteiger partial charge in [0.2, 0.25) is 0 Å². The molecule has 2 aromatic rings. The van der Waals surface area contributed by atoms with Gasteiger partial charge in [-0.05, 0) is 37.1 Å². The summed E-state index contributed by atoms with van der Waals surface area (Å²) in [4.78, 5) is 23.7. The summed E-state index contributed by atoms with van der Waals surface area (Å²) in [5.41, 5.74) is 1.07. The fourth-order valence-electron chi connectivity index (χ4n) is 2.02. The molecule has 1 fully saturated rings. The van der Waals surface area contributed by atoms with Crippen LogP contribution in [0.2, 0.25) is 5.02 Å². The van der Waals surface area contributed by atoms with E-state index in [0.29, 0.717) is 23.0 Å². The molecular weight excluding hydrogens is 306 g/mol. The highest BCUT2D eigenvalue weighted by atomic mass is 35.5. The van der Waals surface area contributed by atoms with Crippen LogP contribution >= 0.6 is 11.6 Å². The number of ether oxygens (including phenoxy) is 1.